The quantitative estimate of drug-likeness (QED) is 0.794. The highest BCUT2D eigenvalue weighted by atomic mass is 35.5. The zero-order chi connectivity index (χ0) is 10.6. The Kier molecular flexibility index (Phi) is 3.77. The molecule has 0 spiro atoms. The number of alkyl halides is 3. The summed E-state index contributed by atoms with van der Waals surface area (Å²) >= 11 is 5.56. The van der Waals surface area contributed by atoms with Gasteiger partial charge in [-0.3, -0.25) is 4.68 Å². The summed E-state index contributed by atoms with van der Waals surface area (Å²) in [4.78, 5) is 0. The summed E-state index contributed by atoms with van der Waals surface area (Å²) in [6, 6.07) is 0. The predicted octanol–water partition coefficient (Wildman–Crippen LogP) is 1.69. The summed E-state index contributed by atoms with van der Waals surface area (Å²) in [7, 11) is 0. The Bertz CT molecular complexity index is 284. The van der Waals surface area contributed by atoms with Crippen molar-refractivity contribution in [1.29, 1.82) is 0 Å². The third-order valence-electron chi connectivity index (χ3n) is 1.44. The molecule has 0 fully saturated rings. The molecule has 14 heavy (non-hydrogen) atoms. The van der Waals surface area contributed by atoms with Crippen molar-refractivity contribution in [3.63, 3.8) is 0 Å². The molecule has 1 N–H and O–H groups in total. The maximum atomic E-state index is 11.7. The third kappa shape index (κ3) is 4.48. The Labute approximate surface area is 83.8 Å². The van der Waals surface area contributed by atoms with Gasteiger partial charge in [0.1, 0.15) is 0 Å². The number of nitrogens with zero attached hydrogens (tertiary/aromatic N) is 2. The largest absolute Gasteiger partial charge is 0.401 e. The Morgan fingerprint density at radius 1 is 1.50 bits per heavy atom. The first-order chi connectivity index (χ1) is 6.47. The molecule has 1 aromatic rings. The van der Waals surface area contributed by atoms with Crippen LogP contribution < -0.4 is 5.32 Å². The van der Waals surface area contributed by atoms with Gasteiger partial charge in [-0.15, -0.1) is 0 Å². The van der Waals surface area contributed by atoms with Crippen LogP contribution in [-0.4, -0.2) is 29.0 Å². The van der Waals surface area contributed by atoms with E-state index in [2.05, 4.69) is 10.4 Å². The Morgan fingerprint density at radius 3 is 2.71 bits per heavy atom. The minimum Gasteiger partial charge on any atom is -0.307 e. The lowest BCUT2D eigenvalue weighted by molar-refractivity contribution is -0.124. The fourth-order valence-corrected chi connectivity index (χ4v) is 1.04. The monoisotopic (exact) mass is 227 g/mol. The lowest BCUT2D eigenvalue weighted by Gasteiger charge is -2.07. The van der Waals surface area contributed by atoms with Gasteiger partial charge in [0.25, 0.3) is 0 Å². The van der Waals surface area contributed by atoms with E-state index >= 15 is 0 Å². The second-order valence-corrected chi connectivity index (χ2v) is 3.15. The van der Waals surface area contributed by atoms with Crippen LogP contribution in [0.5, 0.6) is 0 Å². The van der Waals surface area contributed by atoms with Crippen LogP contribution in [0.2, 0.25) is 5.02 Å². The minimum atomic E-state index is -4.16. The molecule has 0 bridgehead atoms. The van der Waals surface area contributed by atoms with E-state index in [1.165, 1.54) is 10.9 Å². The first-order valence-corrected chi connectivity index (χ1v) is 4.30. The number of nitrogens with one attached hydrogen (secondary N) is 1. The van der Waals surface area contributed by atoms with Crippen LogP contribution in [0.25, 0.3) is 0 Å². The van der Waals surface area contributed by atoms with E-state index in [0.717, 1.165) is 0 Å². The molecular formula is C7H9ClF3N3. The summed E-state index contributed by atoms with van der Waals surface area (Å²) < 4.78 is 36.5. The average molecular weight is 228 g/mol. The van der Waals surface area contributed by atoms with Gasteiger partial charge in [-0.2, -0.15) is 18.3 Å². The van der Waals surface area contributed by atoms with Crippen LogP contribution in [0.4, 0.5) is 13.2 Å². The lowest BCUT2D eigenvalue weighted by Crippen LogP contribution is -2.31. The number of aromatic nitrogens is 2. The first-order valence-electron chi connectivity index (χ1n) is 3.93. The Hall–Kier alpha value is -0.750. The van der Waals surface area contributed by atoms with Crippen LogP contribution in [0.3, 0.4) is 0 Å². The van der Waals surface area contributed by atoms with Crippen molar-refractivity contribution in [1.82, 2.24) is 15.1 Å². The van der Waals surface area contributed by atoms with Crippen molar-refractivity contribution >= 4 is 11.6 Å². The van der Waals surface area contributed by atoms with E-state index < -0.39 is 12.7 Å². The van der Waals surface area contributed by atoms with E-state index in [1.807, 2.05) is 0 Å². The van der Waals surface area contributed by atoms with E-state index in [0.29, 0.717) is 11.6 Å². The van der Waals surface area contributed by atoms with Crippen LogP contribution >= 0.6 is 11.6 Å². The highest BCUT2D eigenvalue weighted by molar-refractivity contribution is 6.30. The molecule has 1 aromatic heterocycles. The maximum Gasteiger partial charge on any atom is 0.401 e. The molecule has 80 valence electrons. The van der Waals surface area contributed by atoms with E-state index in [9.17, 15) is 13.2 Å². The fourth-order valence-electron chi connectivity index (χ4n) is 0.884. The SMILES string of the molecule is FC(F)(F)CNCCn1cc(Cl)cn1. The van der Waals surface area contributed by atoms with Gasteiger partial charge >= 0.3 is 6.18 Å². The molecule has 0 aromatic carbocycles. The second-order valence-electron chi connectivity index (χ2n) is 2.71. The number of rotatable bonds is 4. The van der Waals surface area contributed by atoms with Crippen LogP contribution in [-0.2, 0) is 6.54 Å². The van der Waals surface area contributed by atoms with Crippen LogP contribution in [0, 0.1) is 0 Å². The van der Waals surface area contributed by atoms with E-state index in [-0.39, 0.29) is 6.54 Å². The fraction of sp³-hybridized carbons (Fsp3) is 0.571. The van der Waals surface area contributed by atoms with E-state index in [4.69, 9.17) is 11.6 Å². The molecule has 3 nitrogen and oxygen atoms in total. The van der Waals surface area contributed by atoms with Gasteiger partial charge < -0.3 is 5.32 Å². The van der Waals surface area contributed by atoms with Crippen LogP contribution in [0.15, 0.2) is 12.4 Å². The molecule has 7 heteroatoms. The van der Waals surface area contributed by atoms with Crippen molar-refractivity contribution in [2.75, 3.05) is 13.1 Å². The molecule has 0 amide bonds. The van der Waals surface area contributed by atoms with Crippen molar-refractivity contribution in [2.45, 2.75) is 12.7 Å². The molecule has 1 heterocycles. The first kappa shape index (κ1) is 11.3. The molecule has 0 unspecified atom stereocenters. The third-order valence-corrected chi connectivity index (χ3v) is 1.64. The van der Waals surface area contributed by atoms with Crippen molar-refractivity contribution in [2.24, 2.45) is 0 Å². The van der Waals surface area contributed by atoms with Gasteiger partial charge in [0.15, 0.2) is 0 Å². The van der Waals surface area contributed by atoms with Gasteiger partial charge in [0.2, 0.25) is 0 Å². The second kappa shape index (κ2) is 4.65. The molecule has 1 rings (SSSR count). The van der Waals surface area contributed by atoms with Gasteiger partial charge in [-0.25, -0.2) is 0 Å². The minimum absolute atomic E-state index is 0.206. The van der Waals surface area contributed by atoms with Gasteiger partial charge in [-0.05, 0) is 0 Å². The van der Waals surface area contributed by atoms with Crippen molar-refractivity contribution in [3.05, 3.63) is 17.4 Å². The average Bonchev–Trinajstić information content (AvgIpc) is 2.44. The standard InChI is InChI=1S/C7H9ClF3N3/c8-6-3-13-14(4-6)2-1-12-5-7(9,10)11/h3-4,12H,1-2,5H2. The number of halogens is 4. The topological polar surface area (TPSA) is 29.9 Å². The smallest absolute Gasteiger partial charge is 0.307 e. The van der Waals surface area contributed by atoms with Crippen molar-refractivity contribution < 1.29 is 13.2 Å². The summed E-state index contributed by atoms with van der Waals surface area (Å²) in [5.41, 5.74) is 0. The molecular weight excluding hydrogens is 219 g/mol. The molecule has 0 atom stereocenters. The predicted molar refractivity (Wildman–Crippen MR) is 46.2 cm³/mol. The maximum absolute atomic E-state index is 11.7. The van der Waals surface area contributed by atoms with Gasteiger partial charge in [-0.1, -0.05) is 11.6 Å². The molecule has 0 saturated heterocycles. The summed E-state index contributed by atoms with van der Waals surface area (Å²) in [5.74, 6) is 0. The molecule has 0 aliphatic rings. The highest BCUT2D eigenvalue weighted by Crippen LogP contribution is 2.11. The Morgan fingerprint density at radius 2 is 2.21 bits per heavy atom. The number of hydrogen-bond donors (Lipinski definition) is 1. The van der Waals surface area contributed by atoms with Gasteiger partial charge in [0.05, 0.1) is 24.3 Å². The zero-order valence-electron chi connectivity index (χ0n) is 7.18. The molecule has 0 radical (unpaired) electrons. The summed E-state index contributed by atoms with van der Waals surface area (Å²) in [6.45, 7) is -0.414. The summed E-state index contributed by atoms with van der Waals surface area (Å²) in [5, 5.41) is 6.54. The number of hydrogen-bond acceptors (Lipinski definition) is 2. The lowest BCUT2D eigenvalue weighted by atomic mass is 10.5. The van der Waals surface area contributed by atoms with E-state index in [1.54, 1.807) is 6.20 Å². The Balaban J connectivity index is 2.16. The summed E-state index contributed by atoms with van der Waals surface area (Å²) in [6.07, 6.45) is -1.18. The molecule has 0 saturated carbocycles. The molecule has 0 aliphatic carbocycles. The highest BCUT2D eigenvalue weighted by Gasteiger charge is 2.25. The van der Waals surface area contributed by atoms with Crippen molar-refractivity contribution in [3.8, 4) is 0 Å². The normalized spacial score (nSPS) is 12.0. The van der Waals surface area contributed by atoms with Crippen LogP contribution in [0.1, 0.15) is 0 Å². The van der Waals surface area contributed by atoms with Gasteiger partial charge in [0, 0.05) is 12.7 Å². The zero-order valence-corrected chi connectivity index (χ0v) is 7.94. The molecule has 0 aliphatic heterocycles.